The van der Waals surface area contributed by atoms with Gasteiger partial charge >= 0.3 is 9.28 Å². The molecule has 0 saturated carbocycles. The van der Waals surface area contributed by atoms with Crippen molar-refractivity contribution in [3.63, 3.8) is 0 Å². The van der Waals surface area contributed by atoms with E-state index in [1.165, 1.54) is 0 Å². The van der Waals surface area contributed by atoms with E-state index in [1.54, 1.807) is 14.2 Å². The fourth-order valence-corrected chi connectivity index (χ4v) is 2.54. The molecule has 1 atom stereocenters. The molecular weight excluding hydrogens is 182 g/mol. The molecule has 1 aromatic carbocycles. The number of hydrogen-bond acceptors (Lipinski definition) is 3. The minimum absolute atomic E-state index is 0.101. The second-order valence-corrected chi connectivity index (χ2v) is 5.17. The van der Waals surface area contributed by atoms with Gasteiger partial charge < -0.3 is 14.6 Å². The van der Waals surface area contributed by atoms with Crippen LogP contribution >= 0.6 is 0 Å². The van der Waals surface area contributed by atoms with Crippen molar-refractivity contribution in [1.29, 1.82) is 0 Å². The van der Waals surface area contributed by atoms with Crippen LogP contribution in [0.4, 0.5) is 0 Å². The fourth-order valence-electron chi connectivity index (χ4n) is 1.22. The summed E-state index contributed by atoms with van der Waals surface area (Å²) in [4.78, 5) is 0. The van der Waals surface area contributed by atoms with E-state index in [0.29, 0.717) is 0 Å². The average molecular weight is 197 g/mol. The summed E-state index contributed by atoms with van der Waals surface area (Å²) in [6.45, 7) is 0. The molecule has 0 fully saturated rings. The number of benzene rings is 1. The highest BCUT2D eigenvalue weighted by atomic mass is 28.3. The highest BCUT2D eigenvalue weighted by molar-refractivity contribution is 6.46. The lowest BCUT2D eigenvalue weighted by molar-refractivity contribution is 0.267. The third kappa shape index (κ3) is 2.63. The van der Waals surface area contributed by atoms with Crippen molar-refractivity contribution in [3.8, 4) is 0 Å². The molecule has 0 aliphatic rings. The normalized spacial score (nSPS) is 13.2. The van der Waals surface area contributed by atoms with Gasteiger partial charge in [0.1, 0.15) is 0 Å². The highest BCUT2D eigenvalue weighted by Crippen LogP contribution is 2.13. The molecular formula is C9H15NO2Si. The van der Waals surface area contributed by atoms with E-state index in [1.807, 2.05) is 30.3 Å². The smallest absolute Gasteiger partial charge is 0.342 e. The van der Waals surface area contributed by atoms with Gasteiger partial charge in [0.2, 0.25) is 0 Å². The van der Waals surface area contributed by atoms with Crippen LogP contribution in [-0.4, -0.2) is 23.5 Å². The van der Waals surface area contributed by atoms with Gasteiger partial charge in [-0.3, -0.25) is 0 Å². The van der Waals surface area contributed by atoms with Crippen LogP contribution in [0.5, 0.6) is 0 Å². The van der Waals surface area contributed by atoms with Crippen molar-refractivity contribution in [3.05, 3.63) is 35.9 Å². The molecule has 0 bridgehead atoms. The predicted molar refractivity (Wildman–Crippen MR) is 54.5 cm³/mol. The van der Waals surface area contributed by atoms with Gasteiger partial charge in [-0.15, -0.1) is 0 Å². The third-order valence-corrected chi connectivity index (χ3v) is 3.84. The average Bonchev–Trinajstić information content (AvgIpc) is 2.21. The molecule has 3 nitrogen and oxygen atoms in total. The Labute approximate surface area is 80.3 Å². The Bertz CT molecular complexity index is 239. The summed E-state index contributed by atoms with van der Waals surface area (Å²) in [5.41, 5.74) is 6.94. The van der Waals surface area contributed by atoms with Gasteiger partial charge in [0.15, 0.2) is 0 Å². The van der Waals surface area contributed by atoms with Crippen LogP contribution in [0.2, 0.25) is 0 Å². The van der Waals surface area contributed by atoms with Gasteiger partial charge in [0.25, 0.3) is 0 Å². The van der Waals surface area contributed by atoms with Gasteiger partial charge in [0.05, 0.1) is 5.67 Å². The van der Waals surface area contributed by atoms with Crippen molar-refractivity contribution in [2.24, 2.45) is 5.73 Å². The van der Waals surface area contributed by atoms with Gasteiger partial charge in [-0.05, 0) is 5.56 Å². The molecule has 0 heterocycles. The number of nitrogens with two attached hydrogens (primary N) is 1. The third-order valence-electron chi connectivity index (χ3n) is 1.94. The molecule has 0 aliphatic heterocycles. The first-order valence-corrected chi connectivity index (χ1v) is 5.76. The summed E-state index contributed by atoms with van der Waals surface area (Å²) in [6.07, 6.45) is 0. The molecule has 0 amide bonds. The van der Waals surface area contributed by atoms with Crippen molar-refractivity contribution in [1.82, 2.24) is 0 Å². The van der Waals surface area contributed by atoms with Crippen molar-refractivity contribution in [2.75, 3.05) is 14.2 Å². The lowest BCUT2D eigenvalue weighted by Crippen LogP contribution is -2.34. The lowest BCUT2D eigenvalue weighted by Gasteiger charge is -2.18. The van der Waals surface area contributed by atoms with E-state index in [4.69, 9.17) is 14.6 Å². The second kappa shape index (κ2) is 5.13. The largest absolute Gasteiger partial charge is 0.399 e. The highest BCUT2D eigenvalue weighted by Gasteiger charge is 2.21. The molecule has 1 aromatic rings. The monoisotopic (exact) mass is 197 g/mol. The fraction of sp³-hybridized carbons (Fsp3) is 0.333. The molecule has 13 heavy (non-hydrogen) atoms. The zero-order valence-electron chi connectivity index (χ0n) is 7.94. The summed E-state index contributed by atoms with van der Waals surface area (Å²) >= 11 is 0. The van der Waals surface area contributed by atoms with Crippen molar-refractivity contribution >= 4 is 9.28 Å². The van der Waals surface area contributed by atoms with E-state index in [9.17, 15) is 0 Å². The molecule has 2 N–H and O–H groups in total. The van der Waals surface area contributed by atoms with Crippen LogP contribution in [-0.2, 0) is 8.85 Å². The molecule has 0 radical (unpaired) electrons. The van der Waals surface area contributed by atoms with Crippen LogP contribution in [0.15, 0.2) is 30.3 Å². The standard InChI is InChI=1S/C9H15NO2Si/c1-11-13(12-2)9(10)8-6-4-3-5-7-8/h3-7,9,13H,10H2,1-2H3. The van der Waals surface area contributed by atoms with E-state index < -0.39 is 9.28 Å². The molecule has 72 valence electrons. The Hall–Kier alpha value is -0.683. The summed E-state index contributed by atoms with van der Waals surface area (Å²) in [7, 11) is 1.55. The predicted octanol–water partition coefficient (Wildman–Crippen LogP) is 0.739. The Kier molecular flexibility index (Phi) is 4.11. The van der Waals surface area contributed by atoms with Crippen LogP contribution in [0.1, 0.15) is 11.2 Å². The quantitative estimate of drug-likeness (QED) is 0.724. The van der Waals surface area contributed by atoms with Crippen LogP contribution in [0.25, 0.3) is 0 Å². The maximum atomic E-state index is 5.97. The summed E-state index contributed by atoms with van der Waals surface area (Å²) in [5, 5.41) is 0. The molecule has 0 saturated heterocycles. The molecule has 1 unspecified atom stereocenters. The van der Waals surface area contributed by atoms with Crippen LogP contribution in [0.3, 0.4) is 0 Å². The van der Waals surface area contributed by atoms with E-state index in [-0.39, 0.29) is 5.67 Å². The van der Waals surface area contributed by atoms with Crippen LogP contribution in [0, 0.1) is 0 Å². The lowest BCUT2D eigenvalue weighted by atomic mass is 10.2. The maximum absolute atomic E-state index is 5.97. The number of hydrogen-bond donors (Lipinski definition) is 1. The Balaban J connectivity index is 2.72. The van der Waals surface area contributed by atoms with Gasteiger partial charge in [-0.1, -0.05) is 30.3 Å². The maximum Gasteiger partial charge on any atom is 0.342 e. The van der Waals surface area contributed by atoms with E-state index >= 15 is 0 Å². The molecule has 0 aliphatic carbocycles. The Morgan fingerprint density at radius 2 is 1.69 bits per heavy atom. The Morgan fingerprint density at radius 1 is 1.15 bits per heavy atom. The first kappa shape index (κ1) is 10.4. The molecule has 0 spiro atoms. The first-order chi connectivity index (χ1) is 6.29. The minimum Gasteiger partial charge on any atom is -0.399 e. The second-order valence-electron chi connectivity index (χ2n) is 2.78. The Morgan fingerprint density at radius 3 is 2.15 bits per heavy atom. The molecule has 0 aromatic heterocycles. The van der Waals surface area contributed by atoms with Crippen LogP contribution < -0.4 is 5.73 Å². The summed E-state index contributed by atoms with van der Waals surface area (Å²) in [6, 6.07) is 9.87. The van der Waals surface area contributed by atoms with Gasteiger partial charge in [-0.2, -0.15) is 0 Å². The molecule has 4 heteroatoms. The van der Waals surface area contributed by atoms with Gasteiger partial charge in [0, 0.05) is 14.2 Å². The SMILES string of the molecule is CO[SiH](OC)C(N)c1ccccc1. The summed E-state index contributed by atoms with van der Waals surface area (Å²) in [5.74, 6) is 0. The van der Waals surface area contributed by atoms with E-state index in [2.05, 4.69) is 0 Å². The number of rotatable bonds is 4. The molecule has 1 rings (SSSR count). The summed E-state index contributed by atoms with van der Waals surface area (Å²) < 4.78 is 10.4. The zero-order chi connectivity index (χ0) is 9.68. The van der Waals surface area contributed by atoms with Crippen molar-refractivity contribution < 1.29 is 8.85 Å². The zero-order valence-corrected chi connectivity index (χ0v) is 9.09. The topological polar surface area (TPSA) is 44.5 Å². The van der Waals surface area contributed by atoms with Crippen molar-refractivity contribution in [2.45, 2.75) is 5.67 Å². The first-order valence-electron chi connectivity index (χ1n) is 4.15. The van der Waals surface area contributed by atoms with Gasteiger partial charge in [-0.25, -0.2) is 0 Å². The minimum atomic E-state index is -1.74. The van der Waals surface area contributed by atoms with E-state index in [0.717, 1.165) is 5.56 Å².